The van der Waals surface area contributed by atoms with Gasteiger partial charge < -0.3 is 9.64 Å². The number of H-pyrrole nitrogens is 1. The third-order valence-corrected chi connectivity index (χ3v) is 6.63. The molecule has 0 saturated carbocycles. The van der Waals surface area contributed by atoms with Crippen molar-refractivity contribution in [2.24, 2.45) is 0 Å². The maximum atomic E-state index is 13.0. The Bertz CT molecular complexity index is 1050. The fraction of sp³-hybridized carbons (Fsp3) is 0.348. The third kappa shape index (κ3) is 5.43. The van der Waals surface area contributed by atoms with E-state index in [1.54, 1.807) is 25.3 Å². The molecule has 1 aliphatic heterocycles. The zero-order valence-electron chi connectivity index (χ0n) is 18.1. The van der Waals surface area contributed by atoms with E-state index in [-0.39, 0.29) is 11.2 Å². The Kier molecular flexibility index (Phi) is 7.34. The molecule has 0 aliphatic carbocycles. The first kappa shape index (κ1) is 22.6. The van der Waals surface area contributed by atoms with Crippen LogP contribution in [0.25, 0.3) is 11.4 Å². The Morgan fingerprint density at radius 3 is 2.66 bits per heavy atom. The van der Waals surface area contributed by atoms with Crippen LogP contribution in [0.5, 0.6) is 5.75 Å². The first-order valence-corrected chi connectivity index (χ1v) is 11.8. The molecule has 2 aromatic carbocycles. The van der Waals surface area contributed by atoms with Crippen LogP contribution in [-0.2, 0) is 11.3 Å². The molecule has 1 aliphatic rings. The summed E-state index contributed by atoms with van der Waals surface area (Å²) in [4.78, 5) is 21.8. The van der Waals surface area contributed by atoms with Gasteiger partial charge in [-0.05, 0) is 30.7 Å². The number of aromatic nitrogens is 3. The summed E-state index contributed by atoms with van der Waals surface area (Å²) in [7, 11) is 1.60. The lowest BCUT2D eigenvalue weighted by molar-refractivity contribution is -0.132. The van der Waals surface area contributed by atoms with Gasteiger partial charge in [0, 0.05) is 37.7 Å². The van der Waals surface area contributed by atoms with Crippen molar-refractivity contribution in [2.75, 3.05) is 33.3 Å². The Morgan fingerprint density at radius 1 is 1.19 bits per heavy atom. The van der Waals surface area contributed by atoms with E-state index < -0.39 is 0 Å². The maximum Gasteiger partial charge on any atom is 0.235 e. The highest BCUT2D eigenvalue weighted by atomic mass is 35.5. The number of piperazine rings is 1. The van der Waals surface area contributed by atoms with Crippen LogP contribution in [0.2, 0.25) is 5.02 Å². The number of nitrogens with one attached hydrogen (secondary N) is 1. The average Bonchev–Trinajstić information content (AvgIpc) is 3.28. The van der Waals surface area contributed by atoms with E-state index in [1.165, 1.54) is 17.3 Å². The number of nitrogens with zero attached hydrogens (tertiary/aromatic N) is 4. The number of ether oxygens (including phenoxy) is 1. The molecule has 168 valence electrons. The molecular weight excluding hydrogens is 446 g/mol. The van der Waals surface area contributed by atoms with Crippen LogP contribution in [0.15, 0.2) is 53.7 Å². The van der Waals surface area contributed by atoms with Crippen LogP contribution in [0, 0.1) is 0 Å². The predicted molar refractivity (Wildman–Crippen MR) is 127 cm³/mol. The quantitative estimate of drug-likeness (QED) is 0.526. The standard InChI is InChI=1S/C23H26ClN5O2S/c1-16(22(30)29-12-10-28(11-13-29)15-17-6-4-3-5-7-17)32-23-25-21(26-27-23)19-14-18(24)8-9-20(19)31-2/h3-9,14,16H,10-13,15H2,1-2H3,(H,25,26,27)/t16-/m0/s1. The molecule has 0 unspecified atom stereocenters. The number of halogens is 1. The van der Waals surface area contributed by atoms with Gasteiger partial charge in [-0.25, -0.2) is 4.98 Å². The number of carbonyl (C=O) groups excluding carboxylic acids is 1. The lowest BCUT2D eigenvalue weighted by Gasteiger charge is -2.35. The highest BCUT2D eigenvalue weighted by Gasteiger charge is 2.26. The summed E-state index contributed by atoms with van der Waals surface area (Å²) in [6.07, 6.45) is 0. The Morgan fingerprint density at radius 2 is 1.94 bits per heavy atom. The molecule has 7 nitrogen and oxygen atoms in total. The monoisotopic (exact) mass is 471 g/mol. The van der Waals surface area contributed by atoms with E-state index in [1.807, 2.05) is 17.9 Å². The van der Waals surface area contributed by atoms with E-state index in [2.05, 4.69) is 44.3 Å². The molecule has 2 heterocycles. The van der Waals surface area contributed by atoms with Gasteiger partial charge in [0.1, 0.15) is 5.75 Å². The number of methoxy groups -OCH3 is 1. The molecule has 1 saturated heterocycles. The minimum absolute atomic E-state index is 0.112. The maximum absolute atomic E-state index is 13.0. The van der Waals surface area contributed by atoms with E-state index in [0.29, 0.717) is 21.8 Å². The number of benzene rings is 2. The predicted octanol–water partition coefficient (Wildman–Crippen LogP) is 3.96. The summed E-state index contributed by atoms with van der Waals surface area (Å²) >= 11 is 7.47. The van der Waals surface area contributed by atoms with Crippen LogP contribution in [0.1, 0.15) is 12.5 Å². The molecule has 32 heavy (non-hydrogen) atoms. The van der Waals surface area contributed by atoms with Gasteiger partial charge in [-0.2, -0.15) is 0 Å². The van der Waals surface area contributed by atoms with E-state index in [4.69, 9.17) is 16.3 Å². The fourth-order valence-electron chi connectivity index (χ4n) is 3.72. The van der Waals surface area contributed by atoms with Gasteiger partial charge in [0.05, 0.1) is 17.9 Å². The van der Waals surface area contributed by atoms with Gasteiger partial charge in [0.2, 0.25) is 11.1 Å². The Labute approximate surface area is 197 Å². The summed E-state index contributed by atoms with van der Waals surface area (Å²) in [5, 5.41) is 8.02. The fourth-order valence-corrected chi connectivity index (χ4v) is 4.70. The van der Waals surface area contributed by atoms with Crippen molar-refractivity contribution < 1.29 is 9.53 Å². The molecule has 0 bridgehead atoms. The van der Waals surface area contributed by atoms with Gasteiger partial charge in [-0.15, -0.1) is 5.10 Å². The van der Waals surface area contributed by atoms with Crippen molar-refractivity contribution in [1.29, 1.82) is 0 Å². The molecule has 1 atom stereocenters. The lowest BCUT2D eigenvalue weighted by Crippen LogP contribution is -2.50. The van der Waals surface area contributed by atoms with E-state index in [0.717, 1.165) is 38.3 Å². The summed E-state index contributed by atoms with van der Waals surface area (Å²) in [6, 6.07) is 15.8. The van der Waals surface area contributed by atoms with E-state index >= 15 is 0 Å². The van der Waals surface area contributed by atoms with Crippen LogP contribution >= 0.6 is 23.4 Å². The molecule has 4 rings (SSSR count). The number of hydrogen-bond acceptors (Lipinski definition) is 6. The number of thioether (sulfide) groups is 1. The van der Waals surface area contributed by atoms with Crippen molar-refractivity contribution in [1.82, 2.24) is 25.0 Å². The number of rotatable bonds is 7. The van der Waals surface area contributed by atoms with Crippen LogP contribution in [0.4, 0.5) is 0 Å². The SMILES string of the molecule is COc1ccc(Cl)cc1-c1nc(S[C@@H](C)C(=O)N2CCN(Cc3ccccc3)CC2)n[nH]1. The van der Waals surface area contributed by atoms with Gasteiger partial charge in [0.25, 0.3) is 0 Å². The van der Waals surface area contributed by atoms with Gasteiger partial charge in [0.15, 0.2) is 5.82 Å². The normalized spacial score (nSPS) is 15.5. The summed E-state index contributed by atoms with van der Waals surface area (Å²) in [5.41, 5.74) is 2.03. The zero-order chi connectivity index (χ0) is 22.5. The second kappa shape index (κ2) is 10.4. The number of amides is 1. The first-order valence-electron chi connectivity index (χ1n) is 10.5. The highest BCUT2D eigenvalue weighted by Crippen LogP contribution is 2.32. The summed E-state index contributed by atoms with van der Waals surface area (Å²) in [6.45, 7) is 6.03. The topological polar surface area (TPSA) is 74.3 Å². The molecule has 1 aromatic heterocycles. The van der Waals surface area contributed by atoms with Gasteiger partial charge in [-0.1, -0.05) is 53.7 Å². The average molecular weight is 472 g/mol. The second-order valence-electron chi connectivity index (χ2n) is 7.66. The molecular formula is C23H26ClN5O2S. The van der Waals surface area contributed by atoms with Crippen molar-refractivity contribution in [2.45, 2.75) is 23.9 Å². The van der Waals surface area contributed by atoms with E-state index in [9.17, 15) is 4.79 Å². The van der Waals surface area contributed by atoms with Crippen LogP contribution in [-0.4, -0.2) is 69.4 Å². The zero-order valence-corrected chi connectivity index (χ0v) is 19.7. The molecule has 0 radical (unpaired) electrons. The smallest absolute Gasteiger partial charge is 0.235 e. The van der Waals surface area contributed by atoms with Gasteiger partial charge >= 0.3 is 0 Å². The molecule has 1 fully saturated rings. The van der Waals surface area contributed by atoms with Crippen molar-refractivity contribution in [3.63, 3.8) is 0 Å². The molecule has 1 N–H and O–H groups in total. The largest absolute Gasteiger partial charge is 0.496 e. The Balaban J connectivity index is 1.32. The number of aromatic amines is 1. The van der Waals surface area contributed by atoms with Crippen LogP contribution < -0.4 is 4.74 Å². The highest BCUT2D eigenvalue weighted by molar-refractivity contribution is 8.00. The van der Waals surface area contributed by atoms with Gasteiger partial charge in [-0.3, -0.25) is 14.8 Å². The summed E-state index contributed by atoms with van der Waals surface area (Å²) in [5.74, 6) is 1.32. The number of carbonyl (C=O) groups is 1. The first-order chi connectivity index (χ1) is 15.5. The molecule has 9 heteroatoms. The third-order valence-electron chi connectivity index (χ3n) is 5.44. The van der Waals surface area contributed by atoms with Crippen molar-refractivity contribution in [3.8, 4) is 17.1 Å². The molecule has 1 amide bonds. The second-order valence-corrected chi connectivity index (χ2v) is 9.40. The summed E-state index contributed by atoms with van der Waals surface area (Å²) < 4.78 is 5.39. The van der Waals surface area contributed by atoms with Crippen LogP contribution in [0.3, 0.4) is 0 Å². The molecule has 0 spiro atoms. The number of hydrogen-bond donors (Lipinski definition) is 1. The lowest BCUT2D eigenvalue weighted by atomic mass is 10.2. The minimum Gasteiger partial charge on any atom is -0.496 e. The van der Waals surface area contributed by atoms with Crippen molar-refractivity contribution in [3.05, 3.63) is 59.1 Å². The van der Waals surface area contributed by atoms with Crippen molar-refractivity contribution >= 4 is 29.3 Å². The minimum atomic E-state index is -0.277. The Hall–Kier alpha value is -2.55. The molecule has 3 aromatic rings.